The van der Waals surface area contributed by atoms with Crippen molar-refractivity contribution in [3.63, 3.8) is 0 Å². The van der Waals surface area contributed by atoms with Gasteiger partial charge in [0.1, 0.15) is 13.2 Å². The van der Waals surface area contributed by atoms with Gasteiger partial charge in [0, 0.05) is 0 Å². The first-order valence-corrected chi connectivity index (χ1v) is 8.22. The Bertz CT molecular complexity index is 384. The molecule has 0 N–H and O–H groups in total. The highest BCUT2D eigenvalue weighted by Crippen LogP contribution is 2.41. The van der Waals surface area contributed by atoms with E-state index in [1.165, 1.54) is 12.8 Å². The molecule has 2 saturated carbocycles. The van der Waals surface area contributed by atoms with Crippen LogP contribution in [0, 0.1) is 23.2 Å². The molecule has 2 fully saturated rings. The molecule has 0 saturated heterocycles. The Morgan fingerprint density at radius 2 is 1.81 bits per heavy atom. The van der Waals surface area contributed by atoms with Crippen molar-refractivity contribution in [2.45, 2.75) is 59.3 Å². The van der Waals surface area contributed by atoms with E-state index in [1.54, 1.807) is 0 Å². The maximum Gasteiger partial charge on any atom is 0.309 e. The van der Waals surface area contributed by atoms with E-state index in [1.807, 2.05) is 6.92 Å². The summed E-state index contributed by atoms with van der Waals surface area (Å²) < 4.78 is 10.3. The van der Waals surface area contributed by atoms with E-state index in [-0.39, 0.29) is 37.0 Å². The summed E-state index contributed by atoms with van der Waals surface area (Å²) >= 11 is 0. The van der Waals surface area contributed by atoms with Crippen molar-refractivity contribution in [3.05, 3.63) is 0 Å². The number of esters is 2. The van der Waals surface area contributed by atoms with Crippen LogP contribution in [0.5, 0.6) is 0 Å². The molecule has 0 aromatic carbocycles. The maximum absolute atomic E-state index is 12.1. The summed E-state index contributed by atoms with van der Waals surface area (Å²) in [5.74, 6) is 0.149. The second kappa shape index (κ2) is 6.80. The molecule has 0 spiro atoms. The molecule has 4 nitrogen and oxygen atoms in total. The Morgan fingerprint density at radius 1 is 1.14 bits per heavy atom. The number of rotatable bonds is 6. The monoisotopic (exact) mass is 296 g/mol. The molecule has 2 aliphatic carbocycles. The highest BCUT2D eigenvalue weighted by atomic mass is 16.6. The molecule has 2 atom stereocenters. The second-order valence-electron chi connectivity index (χ2n) is 7.42. The lowest BCUT2D eigenvalue weighted by Crippen LogP contribution is -2.31. The van der Waals surface area contributed by atoms with Gasteiger partial charge in [-0.05, 0) is 43.4 Å². The highest BCUT2D eigenvalue weighted by Gasteiger charge is 2.34. The number of hydrogen-bond acceptors (Lipinski definition) is 4. The molecule has 2 aliphatic rings. The first-order chi connectivity index (χ1) is 9.89. The molecular weight excluding hydrogens is 268 g/mol. The number of carbonyl (C=O) groups is 2. The van der Waals surface area contributed by atoms with E-state index in [4.69, 9.17) is 9.47 Å². The average molecular weight is 296 g/mol. The minimum atomic E-state index is -0.153. The van der Waals surface area contributed by atoms with Crippen molar-refractivity contribution in [2.75, 3.05) is 13.2 Å². The Hall–Kier alpha value is -1.06. The minimum absolute atomic E-state index is 0.0660. The van der Waals surface area contributed by atoms with Crippen LogP contribution in [0.2, 0.25) is 0 Å². The zero-order valence-electron chi connectivity index (χ0n) is 13.5. The third-order valence-electron chi connectivity index (χ3n) is 4.80. The van der Waals surface area contributed by atoms with Crippen LogP contribution < -0.4 is 0 Å². The largest absolute Gasteiger partial charge is 0.462 e. The summed E-state index contributed by atoms with van der Waals surface area (Å²) in [5, 5.41) is 0. The SMILES string of the molecule is C[C@@H](C(=O)OCCOC(=O)C1CC1)[C@@H]1CCCC(C)(C)C1. The van der Waals surface area contributed by atoms with Crippen LogP contribution in [-0.2, 0) is 19.1 Å². The molecule has 0 aromatic rings. The van der Waals surface area contributed by atoms with Gasteiger partial charge in [-0.3, -0.25) is 9.59 Å². The first kappa shape index (κ1) is 16.3. The van der Waals surface area contributed by atoms with Crippen molar-refractivity contribution in [1.29, 1.82) is 0 Å². The molecule has 4 heteroatoms. The van der Waals surface area contributed by atoms with Crippen molar-refractivity contribution in [3.8, 4) is 0 Å². The van der Waals surface area contributed by atoms with E-state index >= 15 is 0 Å². The number of hydrogen-bond donors (Lipinski definition) is 0. The molecule has 0 aliphatic heterocycles. The predicted molar refractivity (Wildman–Crippen MR) is 79.5 cm³/mol. The first-order valence-electron chi connectivity index (χ1n) is 8.22. The highest BCUT2D eigenvalue weighted by molar-refractivity contribution is 5.75. The molecule has 120 valence electrons. The molecule has 0 aromatic heterocycles. The van der Waals surface area contributed by atoms with Crippen molar-refractivity contribution in [1.82, 2.24) is 0 Å². The Morgan fingerprint density at radius 3 is 2.43 bits per heavy atom. The van der Waals surface area contributed by atoms with Gasteiger partial charge in [0.05, 0.1) is 11.8 Å². The second-order valence-corrected chi connectivity index (χ2v) is 7.42. The zero-order valence-corrected chi connectivity index (χ0v) is 13.5. The van der Waals surface area contributed by atoms with Crippen LogP contribution in [0.25, 0.3) is 0 Å². The molecule has 0 heterocycles. The van der Waals surface area contributed by atoms with Gasteiger partial charge in [0.15, 0.2) is 0 Å². The lowest BCUT2D eigenvalue weighted by molar-refractivity contribution is -0.157. The van der Waals surface area contributed by atoms with E-state index < -0.39 is 0 Å². The van der Waals surface area contributed by atoms with Gasteiger partial charge in [0.25, 0.3) is 0 Å². The third kappa shape index (κ3) is 5.01. The van der Waals surface area contributed by atoms with Gasteiger partial charge in [0.2, 0.25) is 0 Å². The van der Waals surface area contributed by atoms with Crippen molar-refractivity contribution >= 4 is 11.9 Å². The molecular formula is C17H28O4. The van der Waals surface area contributed by atoms with Crippen molar-refractivity contribution in [2.24, 2.45) is 23.2 Å². The smallest absolute Gasteiger partial charge is 0.309 e. The van der Waals surface area contributed by atoms with Crippen molar-refractivity contribution < 1.29 is 19.1 Å². The average Bonchev–Trinajstić information content (AvgIpc) is 3.25. The number of ether oxygens (including phenoxy) is 2. The fraction of sp³-hybridized carbons (Fsp3) is 0.882. The maximum atomic E-state index is 12.1. The molecule has 0 unspecified atom stereocenters. The molecule has 0 amide bonds. The Kier molecular flexibility index (Phi) is 5.28. The van der Waals surface area contributed by atoms with E-state index in [0.717, 1.165) is 25.7 Å². The summed E-state index contributed by atoms with van der Waals surface area (Å²) in [7, 11) is 0. The quantitative estimate of drug-likeness (QED) is 0.557. The topological polar surface area (TPSA) is 52.6 Å². The van der Waals surface area contributed by atoms with E-state index in [9.17, 15) is 9.59 Å². The normalized spacial score (nSPS) is 26.0. The summed E-state index contributed by atoms with van der Waals surface area (Å²) in [6.45, 7) is 6.87. The summed E-state index contributed by atoms with van der Waals surface area (Å²) in [5.41, 5.74) is 0.331. The Balaban J connectivity index is 1.65. The van der Waals surface area contributed by atoms with Gasteiger partial charge < -0.3 is 9.47 Å². The molecule has 0 bridgehead atoms. The van der Waals surface area contributed by atoms with E-state index in [2.05, 4.69) is 13.8 Å². The lowest BCUT2D eigenvalue weighted by atomic mass is 9.68. The number of carbonyl (C=O) groups excluding carboxylic acids is 2. The van der Waals surface area contributed by atoms with Crippen LogP contribution in [0.15, 0.2) is 0 Å². The van der Waals surface area contributed by atoms with Crippen LogP contribution in [-0.4, -0.2) is 25.2 Å². The fourth-order valence-corrected chi connectivity index (χ4v) is 3.23. The van der Waals surface area contributed by atoms with Gasteiger partial charge in [-0.15, -0.1) is 0 Å². The van der Waals surface area contributed by atoms with Gasteiger partial charge in [-0.1, -0.05) is 27.2 Å². The third-order valence-corrected chi connectivity index (χ3v) is 4.80. The molecule has 0 radical (unpaired) electrons. The molecule has 21 heavy (non-hydrogen) atoms. The van der Waals surface area contributed by atoms with Gasteiger partial charge >= 0.3 is 11.9 Å². The minimum Gasteiger partial charge on any atom is -0.462 e. The molecule has 2 rings (SSSR count). The summed E-state index contributed by atoms with van der Waals surface area (Å²) in [6, 6.07) is 0. The van der Waals surface area contributed by atoms with Gasteiger partial charge in [-0.25, -0.2) is 0 Å². The summed E-state index contributed by atoms with van der Waals surface area (Å²) in [4.78, 5) is 23.4. The van der Waals surface area contributed by atoms with Crippen LogP contribution >= 0.6 is 0 Å². The van der Waals surface area contributed by atoms with Crippen LogP contribution in [0.1, 0.15) is 59.3 Å². The van der Waals surface area contributed by atoms with E-state index in [0.29, 0.717) is 11.3 Å². The van der Waals surface area contributed by atoms with Crippen LogP contribution in [0.4, 0.5) is 0 Å². The predicted octanol–water partition coefficient (Wildman–Crippen LogP) is 3.34. The van der Waals surface area contributed by atoms with Crippen LogP contribution in [0.3, 0.4) is 0 Å². The standard InChI is InChI=1S/C17H28O4/c1-12(14-5-4-8-17(2,3)11-14)15(18)20-9-10-21-16(19)13-6-7-13/h12-14H,4-11H2,1-3H3/t12-,14-/m1/s1. The Labute approximate surface area is 127 Å². The van der Waals surface area contributed by atoms with Gasteiger partial charge in [-0.2, -0.15) is 0 Å². The zero-order chi connectivity index (χ0) is 15.5. The fourth-order valence-electron chi connectivity index (χ4n) is 3.23. The lowest BCUT2D eigenvalue weighted by Gasteiger charge is -2.37. The summed E-state index contributed by atoms with van der Waals surface area (Å²) in [6.07, 6.45) is 6.49.